The number of rotatable bonds is 3. The van der Waals surface area contributed by atoms with Gasteiger partial charge in [0, 0.05) is 0 Å². The predicted molar refractivity (Wildman–Crippen MR) is 49.8 cm³/mol. The average molecular weight is 177 g/mol. The average Bonchev–Trinajstić information content (AvgIpc) is 1.53. The molecule has 0 aromatic heterocycles. The van der Waals surface area contributed by atoms with Crippen molar-refractivity contribution in [3.63, 3.8) is 0 Å². The first-order valence-electron chi connectivity index (χ1n) is 3.58. The van der Waals surface area contributed by atoms with Gasteiger partial charge in [0.1, 0.15) is 12.6 Å². The van der Waals surface area contributed by atoms with Crippen molar-refractivity contribution in [2.24, 2.45) is 5.73 Å². The lowest BCUT2D eigenvalue weighted by atomic mass is 10.3. The third-order valence-electron chi connectivity index (χ3n) is 1.12. The largest absolute Gasteiger partial charge is 0.441 e. The van der Waals surface area contributed by atoms with E-state index in [2.05, 4.69) is 0 Å². The highest BCUT2D eigenvalue weighted by Gasteiger charge is 2.15. The van der Waals surface area contributed by atoms with E-state index in [-0.39, 0.29) is 13.5 Å². The highest BCUT2D eigenvalue weighted by Crippen LogP contribution is 1.97. The van der Waals surface area contributed by atoms with E-state index in [1.54, 1.807) is 0 Å². The fourth-order valence-electron chi connectivity index (χ4n) is 1.01. The zero-order chi connectivity index (χ0) is 9.07. The maximum absolute atomic E-state index is 10.3. The van der Waals surface area contributed by atoms with E-state index in [9.17, 15) is 4.79 Å². The van der Waals surface area contributed by atoms with Crippen LogP contribution in [0.2, 0.25) is 0 Å². The van der Waals surface area contributed by atoms with E-state index in [1.165, 1.54) is 0 Å². The SMILES string of the molecule is C.CC(C[N+](C)(C)C)OC(N)=O. The molecule has 0 aromatic rings. The van der Waals surface area contributed by atoms with Crippen LogP contribution in [0.1, 0.15) is 14.4 Å². The summed E-state index contributed by atoms with van der Waals surface area (Å²) in [6, 6.07) is 0. The maximum Gasteiger partial charge on any atom is 0.404 e. The molecule has 0 aliphatic carbocycles. The fourth-order valence-corrected chi connectivity index (χ4v) is 1.01. The van der Waals surface area contributed by atoms with Crippen LogP contribution in [-0.2, 0) is 4.74 Å². The van der Waals surface area contributed by atoms with Crippen molar-refractivity contribution in [2.75, 3.05) is 27.7 Å². The molecule has 0 aliphatic heterocycles. The summed E-state index contributed by atoms with van der Waals surface area (Å²) in [5.74, 6) is 0. The van der Waals surface area contributed by atoms with Crippen LogP contribution in [0, 0.1) is 0 Å². The summed E-state index contributed by atoms with van der Waals surface area (Å²) in [6.07, 6.45) is -0.821. The Morgan fingerprint density at radius 3 is 2.17 bits per heavy atom. The highest BCUT2D eigenvalue weighted by molar-refractivity contribution is 5.64. The molecular formula is C8H21N2O2+. The molecule has 1 atom stereocenters. The molecule has 0 heterocycles. The summed E-state index contributed by atoms with van der Waals surface area (Å²) in [6.45, 7) is 2.59. The molecule has 0 bridgehead atoms. The van der Waals surface area contributed by atoms with Crippen LogP contribution in [0.25, 0.3) is 0 Å². The Morgan fingerprint density at radius 1 is 1.50 bits per heavy atom. The number of nitrogens with two attached hydrogens (primary N) is 1. The Labute approximate surface area is 74.9 Å². The Bertz CT molecular complexity index is 140. The van der Waals surface area contributed by atoms with Crippen molar-refractivity contribution in [1.82, 2.24) is 0 Å². The van der Waals surface area contributed by atoms with Gasteiger partial charge in [-0.1, -0.05) is 7.43 Å². The normalized spacial score (nSPS) is 13.0. The lowest BCUT2D eigenvalue weighted by molar-refractivity contribution is -0.873. The van der Waals surface area contributed by atoms with E-state index >= 15 is 0 Å². The molecule has 12 heavy (non-hydrogen) atoms. The van der Waals surface area contributed by atoms with Crippen molar-refractivity contribution < 1.29 is 14.0 Å². The van der Waals surface area contributed by atoms with Crippen molar-refractivity contribution in [2.45, 2.75) is 20.5 Å². The summed E-state index contributed by atoms with van der Waals surface area (Å²) >= 11 is 0. The first kappa shape index (κ1) is 13.8. The number of primary amides is 1. The molecule has 0 rings (SSSR count). The van der Waals surface area contributed by atoms with Crippen molar-refractivity contribution in [3.8, 4) is 0 Å². The molecule has 1 unspecified atom stereocenters. The first-order valence-corrected chi connectivity index (χ1v) is 3.58. The van der Waals surface area contributed by atoms with Crippen molar-refractivity contribution in [3.05, 3.63) is 0 Å². The van der Waals surface area contributed by atoms with Gasteiger partial charge in [0.2, 0.25) is 0 Å². The van der Waals surface area contributed by atoms with Gasteiger partial charge >= 0.3 is 6.09 Å². The number of likely N-dealkylation sites (N-methyl/N-ethyl adjacent to an activating group) is 1. The third-order valence-corrected chi connectivity index (χ3v) is 1.12. The standard InChI is InChI=1S/C7H16N2O2.CH4/c1-6(11-7(8)10)5-9(2,3)4;/h6H,5H2,1-4H3,(H-,8,10);1H4/p+1. The topological polar surface area (TPSA) is 52.3 Å². The van der Waals surface area contributed by atoms with E-state index in [0.29, 0.717) is 0 Å². The van der Waals surface area contributed by atoms with Gasteiger partial charge in [-0.25, -0.2) is 4.79 Å². The van der Waals surface area contributed by atoms with E-state index < -0.39 is 6.09 Å². The maximum atomic E-state index is 10.3. The Hall–Kier alpha value is -0.770. The fraction of sp³-hybridized carbons (Fsp3) is 0.875. The van der Waals surface area contributed by atoms with E-state index in [1.807, 2.05) is 28.1 Å². The zero-order valence-corrected chi connectivity index (χ0v) is 7.63. The minimum atomic E-state index is -0.703. The molecule has 4 nitrogen and oxygen atoms in total. The van der Waals surface area contributed by atoms with Crippen LogP contribution in [0.3, 0.4) is 0 Å². The van der Waals surface area contributed by atoms with Gasteiger partial charge in [-0.15, -0.1) is 0 Å². The van der Waals surface area contributed by atoms with Crippen LogP contribution in [0.15, 0.2) is 0 Å². The second-order valence-corrected chi connectivity index (χ2v) is 3.72. The Morgan fingerprint density at radius 2 is 1.92 bits per heavy atom. The van der Waals surface area contributed by atoms with E-state index in [0.717, 1.165) is 11.0 Å². The minimum absolute atomic E-state index is 0. The summed E-state index contributed by atoms with van der Waals surface area (Å²) in [7, 11) is 6.09. The number of hydrogen-bond donors (Lipinski definition) is 1. The molecule has 2 N–H and O–H groups in total. The van der Waals surface area contributed by atoms with Gasteiger partial charge in [-0.3, -0.25) is 0 Å². The number of quaternary nitrogens is 1. The molecule has 74 valence electrons. The van der Waals surface area contributed by atoms with Crippen LogP contribution in [0.4, 0.5) is 4.79 Å². The first-order chi connectivity index (χ1) is 4.81. The molecule has 0 spiro atoms. The van der Waals surface area contributed by atoms with Gasteiger partial charge in [0.05, 0.1) is 21.1 Å². The molecule has 0 radical (unpaired) electrons. The zero-order valence-electron chi connectivity index (χ0n) is 7.63. The molecule has 1 amide bonds. The van der Waals surface area contributed by atoms with Gasteiger partial charge in [-0.2, -0.15) is 0 Å². The Kier molecular flexibility index (Phi) is 5.72. The number of hydrogen-bond acceptors (Lipinski definition) is 2. The monoisotopic (exact) mass is 177 g/mol. The summed E-state index contributed by atoms with van der Waals surface area (Å²) in [5, 5.41) is 0. The summed E-state index contributed by atoms with van der Waals surface area (Å²) < 4.78 is 5.51. The van der Waals surface area contributed by atoms with Gasteiger partial charge in [0.25, 0.3) is 0 Å². The highest BCUT2D eigenvalue weighted by atomic mass is 16.6. The van der Waals surface area contributed by atoms with E-state index in [4.69, 9.17) is 10.5 Å². The number of nitrogens with zero attached hydrogens (tertiary/aromatic N) is 1. The molecule has 0 fully saturated rings. The van der Waals surface area contributed by atoms with Crippen LogP contribution in [0.5, 0.6) is 0 Å². The van der Waals surface area contributed by atoms with Crippen molar-refractivity contribution >= 4 is 6.09 Å². The predicted octanol–water partition coefficient (Wildman–Crippen LogP) is 0.812. The molecule has 0 saturated heterocycles. The third kappa shape index (κ3) is 9.23. The van der Waals surface area contributed by atoms with Crippen LogP contribution >= 0.6 is 0 Å². The smallest absolute Gasteiger partial charge is 0.404 e. The number of ether oxygens (including phenoxy) is 1. The lowest BCUT2D eigenvalue weighted by Crippen LogP contribution is -2.42. The number of carbonyl (C=O) groups is 1. The molecule has 0 aromatic carbocycles. The molecule has 0 aliphatic rings. The molecule has 4 heteroatoms. The van der Waals surface area contributed by atoms with Gasteiger partial charge in [-0.05, 0) is 6.92 Å². The van der Waals surface area contributed by atoms with Gasteiger partial charge in [0.15, 0.2) is 0 Å². The summed E-state index contributed by atoms with van der Waals surface area (Å²) in [5.41, 5.74) is 4.84. The molecule has 0 saturated carbocycles. The van der Waals surface area contributed by atoms with Crippen LogP contribution in [-0.4, -0.2) is 44.4 Å². The second-order valence-electron chi connectivity index (χ2n) is 3.72. The second kappa shape index (κ2) is 4.98. The van der Waals surface area contributed by atoms with Crippen molar-refractivity contribution in [1.29, 1.82) is 0 Å². The number of carbonyl (C=O) groups excluding carboxylic acids is 1. The summed E-state index contributed by atoms with van der Waals surface area (Å²) in [4.78, 5) is 10.3. The quantitative estimate of drug-likeness (QED) is 0.649. The number of amides is 1. The minimum Gasteiger partial charge on any atom is -0.441 e. The lowest BCUT2D eigenvalue weighted by Gasteiger charge is -2.26. The Balaban J connectivity index is 0. The molecular weight excluding hydrogens is 156 g/mol. The van der Waals surface area contributed by atoms with Crippen LogP contribution < -0.4 is 5.73 Å². The van der Waals surface area contributed by atoms with Gasteiger partial charge < -0.3 is 15.0 Å².